The molecular weight excluding hydrogens is 570 g/mol. The smallest absolute Gasteiger partial charge is 1.00 e. The summed E-state index contributed by atoms with van der Waals surface area (Å²) in [5.41, 5.74) is 6.11. The van der Waals surface area contributed by atoms with E-state index in [9.17, 15) is 0 Å². The average molecular weight is 614 g/mol. The first kappa shape index (κ1) is 35.3. The number of piperidine rings is 1. The van der Waals surface area contributed by atoms with Gasteiger partial charge in [-0.15, -0.1) is 22.7 Å². The maximum Gasteiger partial charge on any atom is 1.00 e. The molecule has 2 aromatic heterocycles. The van der Waals surface area contributed by atoms with Gasteiger partial charge >= 0.3 is 29.6 Å². The molecule has 219 valence electrons. The zero-order valence-corrected chi connectivity index (χ0v) is 29.5. The Morgan fingerprint density at radius 1 is 0.857 bits per heavy atom. The van der Waals surface area contributed by atoms with Gasteiger partial charge in [0.1, 0.15) is 0 Å². The van der Waals surface area contributed by atoms with E-state index in [1.807, 2.05) is 0 Å². The second-order valence-corrected chi connectivity index (χ2v) is 13.4. The van der Waals surface area contributed by atoms with E-state index in [4.69, 9.17) is 24.4 Å². The SMILES string of the molecule is COCCc1nc2cc(C3=NCC(C)CC3)ccc2s1.COCCc1nc2cc([C@@H]3CC[C@@H](C)CN3)ccc2s1.[B].[H-].[Na+]. The van der Waals surface area contributed by atoms with Crippen molar-refractivity contribution in [2.75, 3.05) is 40.5 Å². The number of aromatic nitrogens is 2. The summed E-state index contributed by atoms with van der Waals surface area (Å²) in [4.78, 5) is 14.2. The Kier molecular flexibility index (Phi) is 14.6. The van der Waals surface area contributed by atoms with Crippen LogP contribution in [0.2, 0.25) is 0 Å². The molecule has 6 rings (SSSR count). The number of benzene rings is 2. The largest absolute Gasteiger partial charge is 1.00 e. The van der Waals surface area contributed by atoms with Crippen molar-refractivity contribution in [1.82, 2.24) is 15.3 Å². The van der Waals surface area contributed by atoms with Crippen molar-refractivity contribution in [1.29, 1.82) is 0 Å². The van der Waals surface area contributed by atoms with Crippen LogP contribution in [0.15, 0.2) is 41.4 Å². The zero-order valence-electron chi connectivity index (χ0n) is 26.8. The summed E-state index contributed by atoms with van der Waals surface area (Å²) in [6.07, 6.45) is 6.67. The fourth-order valence-electron chi connectivity index (χ4n) is 5.29. The molecule has 0 bridgehead atoms. The van der Waals surface area contributed by atoms with E-state index in [-0.39, 0.29) is 39.4 Å². The topological polar surface area (TPSA) is 68.6 Å². The number of methoxy groups -OCH3 is 2. The van der Waals surface area contributed by atoms with Crippen molar-refractivity contribution in [2.24, 2.45) is 16.8 Å². The Morgan fingerprint density at radius 2 is 1.50 bits per heavy atom. The molecule has 3 radical (unpaired) electrons. The molecule has 0 saturated carbocycles. The Labute approximate surface area is 284 Å². The van der Waals surface area contributed by atoms with Crippen molar-refractivity contribution in [3.63, 3.8) is 0 Å². The molecule has 0 spiro atoms. The van der Waals surface area contributed by atoms with Crippen molar-refractivity contribution in [3.05, 3.63) is 57.5 Å². The first-order valence-corrected chi connectivity index (χ1v) is 16.2. The molecule has 2 aromatic carbocycles. The third kappa shape index (κ3) is 9.42. The molecular formula is C32H43BN4NaO2S2. The molecule has 0 amide bonds. The number of ether oxygens (including phenoxy) is 2. The number of nitrogens with zero attached hydrogens (tertiary/aromatic N) is 3. The Balaban J connectivity index is 0.000000281. The fraction of sp³-hybridized carbons (Fsp3) is 0.531. The van der Waals surface area contributed by atoms with Crippen LogP contribution >= 0.6 is 22.7 Å². The number of hydrogen-bond donors (Lipinski definition) is 1. The molecule has 6 nitrogen and oxygen atoms in total. The maximum absolute atomic E-state index is 5.13. The number of nitrogens with one attached hydrogen (secondary N) is 1. The second-order valence-electron chi connectivity index (χ2n) is 11.2. The van der Waals surface area contributed by atoms with Crippen LogP contribution in [-0.4, -0.2) is 64.6 Å². The second kappa shape index (κ2) is 17.4. The number of hydrogen-bond acceptors (Lipinski definition) is 8. The Hall–Kier alpha value is -1.17. The van der Waals surface area contributed by atoms with Crippen LogP contribution in [0.5, 0.6) is 0 Å². The first-order valence-electron chi connectivity index (χ1n) is 14.6. The summed E-state index contributed by atoms with van der Waals surface area (Å²) in [5, 5.41) is 5.97. The minimum absolute atomic E-state index is 0. The predicted molar refractivity (Wildman–Crippen MR) is 176 cm³/mol. The van der Waals surface area contributed by atoms with Crippen LogP contribution in [0.25, 0.3) is 20.4 Å². The van der Waals surface area contributed by atoms with Gasteiger partial charge in [0.2, 0.25) is 0 Å². The molecule has 0 aliphatic carbocycles. The van der Waals surface area contributed by atoms with E-state index < -0.39 is 0 Å². The minimum atomic E-state index is 0. The monoisotopic (exact) mass is 613 g/mol. The average Bonchev–Trinajstić information content (AvgIpc) is 3.58. The third-order valence-electron chi connectivity index (χ3n) is 7.79. The van der Waals surface area contributed by atoms with Crippen LogP contribution in [0.1, 0.15) is 68.1 Å². The van der Waals surface area contributed by atoms with E-state index in [1.54, 1.807) is 36.9 Å². The summed E-state index contributed by atoms with van der Waals surface area (Å²) in [6, 6.07) is 13.8. The van der Waals surface area contributed by atoms with Gasteiger partial charge in [0, 0.05) is 53.8 Å². The van der Waals surface area contributed by atoms with Crippen LogP contribution in [0, 0.1) is 11.8 Å². The number of fused-ring (bicyclic) bond motifs is 2. The van der Waals surface area contributed by atoms with Crippen LogP contribution < -0.4 is 34.9 Å². The molecule has 1 unspecified atom stereocenters. The maximum atomic E-state index is 5.13. The van der Waals surface area contributed by atoms with Crippen LogP contribution in [0.4, 0.5) is 0 Å². The number of aliphatic imine (C=N–C) groups is 1. The van der Waals surface area contributed by atoms with Gasteiger partial charge < -0.3 is 16.2 Å². The van der Waals surface area contributed by atoms with Crippen molar-refractivity contribution in [3.8, 4) is 0 Å². The molecule has 10 heteroatoms. The van der Waals surface area contributed by atoms with E-state index in [2.05, 4.69) is 55.6 Å². The van der Waals surface area contributed by atoms with Gasteiger partial charge in [-0.1, -0.05) is 26.0 Å². The van der Waals surface area contributed by atoms with Crippen molar-refractivity contribution < 1.29 is 40.5 Å². The third-order valence-corrected chi connectivity index (χ3v) is 9.98. The van der Waals surface area contributed by atoms with Gasteiger partial charge in [0.25, 0.3) is 0 Å². The first-order chi connectivity index (χ1) is 19.5. The van der Waals surface area contributed by atoms with Crippen LogP contribution in [0.3, 0.4) is 0 Å². The van der Waals surface area contributed by atoms with E-state index in [1.165, 1.54) is 50.5 Å². The number of rotatable bonds is 8. The molecule has 4 heterocycles. The van der Waals surface area contributed by atoms with E-state index >= 15 is 0 Å². The van der Waals surface area contributed by atoms with Gasteiger partial charge in [-0.3, -0.25) is 4.99 Å². The van der Waals surface area contributed by atoms with Crippen molar-refractivity contribution >= 4 is 57.2 Å². The summed E-state index contributed by atoms with van der Waals surface area (Å²) >= 11 is 3.54. The number of thiazole rings is 2. The summed E-state index contributed by atoms with van der Waals surface area (Å²) < 4.78 is 12.8. The molecule has 1 fully saturated rings. The zero-order chi connectivity index (χ0) is 27.9. The van der Waals surface area contributed by atoms with E-state index in [0.717, 1.165) is 73.4 Å². The van der Waals surface area contributed by atoms with Crippen molar-refractivity contribution in [2.45, 2.75) is 58.4 Å². The van der Waals surface area contributed by atoms with Gasteiger partial charge in [-0.05, 0) is 79.5 Å². The summed E-state index contributed by atoms with van der Waals surface area (Å²) in [7, 11) is 3.47. The molecule has 2 aliphatic rings. The minimum Gasteiger partial charge on any atom is -1.00 e. The molecule has 1 saturated heterocycles. The van der Waals surface area contributed by atoms with Gasteiger partial charge in [-0.2, -0.15) is 0 Å². The van der Waals surface area contributed by atoms with Gasteiger partial charge in [0.05, 0.1) is 43.7 Å². The summed E-state index contributed by atoms with van der Waals surface area (Å²) in [5.74, 6) is 1.53. The summed E-state index contributed by atoms with van der Waals surface area (Å²) in [6.45, 7) is 8.15. The van der Waals surface area contributed by atoms with Crippen LogP contribution in [-0.2, 0) is 22.3 Å². The van der Waals surface area contributed by atoms with Gasteiger partial charge in [0.15, 0.2) is 0 Å². The fourth-order valence-corrected chi connectivity index (χ4v) is 7.15. The quantitative estimate of drug-likeness (QED) is 0.305. The standard InChI is InChI=1S/C16H22N2OS.C16H20N2OS.B.Na.H/c2*1-11-3-5-13(17-10-11)12-4-6-15-14(9-12)18-16(20-15)7-8-19-2;;;/h4,6,9,11,13,17H,3,5,7-8,10H2,1-2H3;4,6,9,11H,3,5,7-8,10H2,1-2H3;;;/q;;;+1;-1/t11-,13+;;;;/m1..../s1. The Bertz CT molecular complexity index is 1440. The molecule has 2 aliphatic heterocycles. The molecule has 42 heavy (non-hydrogen) atoms. The molecule has 3 atom stereocenters. The Morgan fingerprint density at radius 3 is 2.07 bits per heavy atom. The molecule has 4 aromatic rings. The van der Waals surface area contributed by atoms with E-state index in [0.29, 0.717) is 6.04 Å². The normalized spacial score (nSPS) is 20.3. The van der Waals surface area contributed by atoms with Gasteiger partial charge in [-0.25, -0.2) is 9.97 Å². The molecule has 1 N–H and O–H groups in total. The predicted octanol–water partition coefficient (Wildman–Crippen LogP) is 3.99.